The lowest BCUT2D eigenvalue weighted by Gasteiger charge is -2.39. The molecule has 1 fully saturated rings. The maximum Gasteiger partial charge on any atom is 0.193 e. The van der Waals surface area contributed by atoms with Gasteiger partial charge in [-0.05, 0) is 26.2 Å². The topological polar surface area (TPSA) is 71.0 Å². The SMILES string of the molecule is CN=C(NCCCOCC(C)C)N1CCS(=O)(=O)C(C)(C)C1. The van der Waals surface area contributed by atoms with E-state index in [1.807, 2.05) is 4.90 Å². The molecular formula is C15H31N3O3S. The molecule has 0 radical (unpaired) electrons. The van der Waals surface area contributed by atoms with Gasteiger partial charge < -0.3 is 15.0 Å². The Balaban J connectivity index is 2.40. The highest BCUT2D eigenvalue weighted by atomic mass is 32.2. The van der Waals surface area contributed by atoms with Gasteiger partial charge in [0.15, 0.2) is 15.8 Å². The maximum atomic E-state index is 12.0. The van der Waals surface area contributed by atoms with Crippen molar-refractivity contribution in [1.29, 1.82) is 0 Å². The van der Waals surface area contributed by atoms with Gasteiger partial charge in [0, 0.05) is 39.9 Å². The van der Waals surface area contributed by atoms with Gasteiger partial charge in [-0.15, -0.1) is 0 Å². The first-order valence-electron chi connectivity index (χ1n) is 7.95. The van der Waals surface area contributed by atoms with Crippen molar-refractivity contribution in [3.8, 4) is 0 Å². The first kappa shape index (κ1) is 19.2. The normalized spacial score (nSPS) is 21.2. The summed E-state index contributed by atoms with van der Waals surface area (Å²) in [4.78, 5) is 6.29. The first-order valence-corrected chi connectivity index (χ1v) is 9.60. The van der Waals surface area contributed by atoms with Crippen molar-refractivity contribution in [1.82, 2.24) is 10.2 Å². The quantitative estimate of drug-likeness (QED) is 0.448. The Morgan fingerprint density at radius 1 is 1.41 bits per heavy atom. The lowest BCUT2D eigenvalue weighted by Crippen LogP contribution is -2.57. The second-order valence-corrected chi connectivity index (χ2v) is 9.54. The third-order valence-electron chi connectivity index (χ3n) is 3.75. The number of rotatable bonds is 6. The summed E-state index contributed by atoms with van der Waals surface area (Å²) >= 11 is 0. The molecule has 0 aliphatic carbocycles. The van der Waals surface area contributed by atoms with Gasteiger partial charge in [0.2, 0.25) is 0 Å². The fraction of sp³-hybridized carbons (Fsp3) is 0.933. The second-order valence-electron chi connectivity index (χ2n) is 6.80. The Morgan fingerprint density at radius 2 is 2.09 bits per heavy atom. The van der Waals surface area contributed by atoms with Crippen molar-refractivity contribution in [2.24, 2.45) is 10.9 Å². The van der Waals surface area contributed by atoms with Gasteiger partial charge in [0.1, 0.15) is 0 Å². The van der Waals surface area contributed by atoms with Gasteiger partial charge >= 0.3 is 0 Å². The van der Waals surface area contributed by atoms with Crippen molar-refractivity contribution in [2.45, 2.75) is 38.9 Å². The van der Waals surface area contributed by atoms with Crippen LogP contribution < -0.4 is 5.32 Å². The van der Waals surface area contributed by atoms with Gasteiger partial charge in [-0.3, -0.25) is 4.99 Å². The van der Waals surface area contributed by atoms with E-state index in [2.05, 4.69) is 24.2 Å². The van der Waals surface area contributed by atoms with Crippen molar-refractivity contribution in [3.05, 3.63) is 0 Å². The summed E-state index contributed by atoms with van der Waals surface area (Å²) in [5, 5.41) is 3.29. The Labute approximate surface area is 135 Å². The number of hydrogen-bond donors (Lipinski definition) is 1. The summed E-state index contributed by atoms with van der Waals surface area (Å²) in [5.41, 5.74) is 0. The number of guanidine groups is 1. The molecule has 0 aromatic carbocycles. The lowest BCUT2D eigenvalue weighted by molar-refractivity contribution is 0.108. The van der Waals surface area contributed by atoms with Gasteiger partial charge in [0.25, 0.3) is 0 Å². The van der Waals surface area contributed by atoms with Crippen LogP contribution in [0.5, 0.6) is 0 Å². The highest BCUT2D eigenvalue weighted by Crippen LogP contribution is 2.23. The van der Waals surface area contributed by atoms with E-state index in [1.165, 1.54) is 0 Å². The smallest absolute Gasteiger partial charge is 0.193 e. The summed E-state index contributed by atoms with van der Waals surface area (Å²) in [6.45, 7) is 11.1. The van der Waals surface area contributed by atoms with E-state index >= 15 is 0 Å². The molecule has 0 aromatic rings. The van der Waals surface area contributed by atoms with Crippen LogP contribution in [-0.4, -0.2) is 69.7 Å². The Bertz CT molecular complexity index is 472. The summed E-state index contributed by atoms with van der Waals surface area (Å²) in [7, 11) is -1.29. The van der Waals surface area contributed by atoms with Crippen LogP contribution >= 0.6 is 0 Å². The number of sulfone groups is 1. The largest absolute Gasteiger partial charge is 0.381 e. The van der Waals surface area contributed by atoms with E-state index in [0.717, 1.165) is 32.1 Å². The molecule has 0 aromatic heterocycles. The molecule has 6 nitrogen and oxygen atoms in total. The minimum Gasteiger partial charge on any atom is -0.381 e. The third-order valence-corrected chi connectivity index (χ3v) is 6.29. The third kappa shape index (κ3) is 5.43. The molecule has 1 saturated heterocycles. The highest BCUT2D eigenvalue weighted by Gasteiger charge is 2.40. The Kier molecular flexibility index (Phi) is 7.12. The van der Waals surface area contributed by atoms with Crippen molar-refractivity contribution < 1.29 is 13.2 Å². The minimum absolute atomic E-state index is 0.179. The fourth-order valence-electron chi connectivity index (χ4n) is 2.35. The molecule has 0 amide bonds. The molecular weight excluding hydrogens is 302 g/mol. The molecule has 0 spiro atoms. The molecule has 7 heteroatoms. The van der Waals surface area contributed by atoms with Crippen LogP contribution in [0, 0.1) is 5.92 Å². The number of aliphatic imine (C=N–C) groups is 1. The predicted octanol–water partition coefficient (Wildman–Crippen LogP) is 1.13. The zero-order chi connectivity index (χ0) is 16.8. The molecule has 1 rings (SSSR count). The van der Waals surface area contributed by atoms with E-state index in [4.69, 9.17) is 4.74 Å². The van der Waals surface area contributed by atoms with Gasteiger partial charge in [-0.1, -0.05) is 13.8 Å². The van der Waals surface area contributed by atoms with Crippen LogP contribution in [0.1, 0.15) is 34.1 Å². The summed E-state index contributed by atoms with van der Waals surface area (Å²) in [6, 6.07) is 0. The molecule has 1 heterocycles. The lowest BCUT2D eigenvalue weighted by atomic mass is 10.2. The van der Waals surface area contributed by atoms with Crippen LogP contribution in [0.4, 0.5) is 0 Å². The van der Waals surface area contributed by atoms with Crippen LogP contribution in [-0.2, 0) is 14.6 Å². The predicted molar refractivity (Wildman–Crippen MR) is 91.1 cm³/mol. The minimum atomic E-state index is -3.02. The summed E-state index contributed by atoms with van der Waals surface area (Å²) in [6.07, 6.45) is 0.904. The fourth-order valence-corrected chi connectivity index (χ4v) is 3.72. The van der Waals surface area contributed by atoms with Gasteiger partial charge in [-0.25, -0.2) is 8.42 Å². The van der Waals surface area contributed by atoms with E-state index in [9.17, 15) is 8.42 Å². The van der Waals surface area contributed by atoms with E-state index in [-0.39, 0.29) is 5.75 Å². The van der Waals surface area contributed by atoms with Crippen molar-refractivity contribution >= 4 is 15.8 Å². The standard InChI is InChI=1S/C15H31N3O3S/c1-13(2)11-21-9-6-7-17-14(16-5)18-8-10-22(19,20)15(3,4)12-18/h13H,6-12H2,1-5H3,(H,16,17). The second kappa shape index (κ2) is 8.15. The zero-order valence-corrected chi connectivity index (χ0v) is 15.4. The average Bonchev–Trinajstić information content (AvgIpc) is 2.41. The van der Waals surface area contributed by atoms with Crippen LogP contribution in [0.15, 0.2) is 4.99 Å². The van der Waals surface area contributed by atoms with Crippen LogP contribution in [0.2, 0.25) is 0 Å². The molecule has 0 atom stereocenters. The molecule has 130 valence electrons. The van der Waals surface area contributed by atoms with Gasteiger partial charge in [-0.2, -0.15) is 0 Å². The van der Waals surface area contributed by atoms with Crippen LogP contribution in [0.3, 0.4) is 0 Å². The number of nitrogens with zero attached hydrogens (tertiary/aromatic N) is 2. The number of nitrogens with one attached hydrogen (secondary N) is 1. The van der Waals surface area contributed by atoms with Gasteiger partial charge in [0.05, 0.1) is 10.5 Å². The van der Waals surface area contributed by atoms with E-state index < -0.39 is 14.6 Å². The van der Waals surface area contributed by atoms with Crippen molar-refractivity contribution in [2.75, 3.05) is 45.6 Å². The molecule has 0 saturated carbocycles. The first-order chi connectivity index (χ1) is 10.2. The molecule has 0 bridgehead atoms. The summed E-state index contributed by atoms with van der Waals surface area (Å²) < 4.78 is 28.9. The van der Waals surface area contributed by atoms with Crippen molar-refractivity contribution in [3.63, 3.8) is 0 Å². The highest BCUT2D eigenvalue weighted by molar-refractivity contribution is 7.92. The van der Waals surface area contributed by atoms with E-state index in [1.54, 1.807) is 20.9 Å². The molecule has 1 aliphatic heterocycles. The monoisotopic (exact) mass is 333 g/mol. The molecule has 1 aliphatic rings. The zero-order valence-electron chi connectivity index (χ0n) is 14.6. The average molecular weight is 333 g/mol. The number of hydrogen-bond acceptors (Lipinski definition) is 4. The molecule has 1 N–H and O–H groups in total. The maximum absolute atomic E-state index is 12.0. The molecule has 0 unspecified atom stereocenters. The van der Waals surface area contributed by atoms with Crippen LogP contribution in [0.25, 0.3) is 0 Å². The summed E-state index contributed by atoms with van der Waals surface area (Å²) in [5.74, 6) is 1.50. The Hall–Kier alpha value is -0.820. The van der Waals surface area contributed by atoms with E-state index in [0.29, 0.717) is 19.0 Å². The Morgan fingerprint density at radius 3 is 2.64 bits per heavy atom. The number of ether oxygens (including phenoxy) is 1. The molecule has 22 heavy (non-hydrogen) atoms.